The number of nitrogens with zero attached hydrogens (tertiary/aromatic N) is 2. The molecule has 2 rings (SSSR count). The van der Waals surface area contributed by atoms with Crippen molar-refractivity contribution in [2.45, 2.75) is 18.6 Å². The normalized spacial score (nSPS) is 19.3. The Hall–Kier alpha value is -1.47. The van der Waals surface area contributed by atoms with Crippen LogP contribution in [0.25, 0.3) is 0 Å². The predicted octanol–water partition coefficient (Wildman–Crippen LogP) is 2.21. The lowest BCUT2D eigenvalue weighted by Crippen LogP contribution is -2.38. The van der Waals surface area contributed by atoms with Crippen LogP contribution in [0.4, 0.5) is 17.1 Å². The molecule has 1 saturated heterocycles. The summed E-state index contributed by atoms with van der Waals surface area (Å²) in [6.07, 6.45) is 1.07. The van der Waals surface area contributed by atoms with E-state index in [1.165, 1.54) is 0 Å². The van der Waals surface area contributed by atoms with Crippen LogP contribution in [0.15, 0.2) is 18.2 Å². The van der Waals surface area contributed by atoms with Gasteiger partial charge in [0.05, 0.1) is 4.92 Å². The molecule has 0 aromatic heterocycles. The zero-order valence-electron chi connectivity index (χ0n) is 10.8. The summed E-state index contributed by atoms with van der Waals surface area (Å²) < 4.78 is 0. The molecular weight excluding hydrogens is 264 g/mol. The van der Waals surface area contributed by atoms with Gasteiger partial charge in [-0.15, -0.1) is 0 Å². The van der Waals surface area contributed by atoms with Crippen LogP contribution in [0.1, 0.15) is 13.3 Å². The standard InChI is InChI=1S/C12H18N4O2S/c1-2-9-8-15(6-7-19-9)11-5-3-4-10(14-13)12(11)16(17)18/h3-5,9,14H,2,6-8,13H2,1H3. The molecule has 0 radical (unpaired) electrons. The molecule has 19 heavy (non-hydrogen) atoms. The minimum Gasteiger partial charge on any atom is -0.364 e. The van der Waals surface area contributed by atoms with E-state index >= 15 is 0 Å². The van der Waals surface area contributed by atoms with Gasteiger partial charge in [-0.25, -0.2) is 0 Å². The van der Waals surface area contributed by atoms with E-state index in [-0.39, 0.29) is 10.6 Å². The van der Waals surface area contributed by atoms with Gasteiger partial charge in [-0.2, -0.15) is 11.8 Å². The largest absolute Gasteiger partial charge is 0.364 e. The zero-order chi connectivity index (χ0) is 13.8. The third-order valence-electron chi connectivity index (χ3n) is 3.29. The monoisotopic (exact) mass is 282 g/mol. The van der Waals surface area contributed by atoms with E-state index in [9.17, 15) is 10.1 Å². The van der Waals surface area contributed by atoms with Gasteiger partial charge in [0, 0.05) is 24.1 Å². The first kappa shape index (κ1) is 14.0. The van der Waals surface area contributed by atoms with E-state index in [2.05, 4.69) is 17.2 Å². The number of hydrazine groups is 1. The van der Waals surface area contributed by atoms with Gasteiger partial charge in [-0.05, 0) is 18.6 Å². The summed E-state index contributed by atoms with van der Waals surface area (Å²) in [6.45, 7) is 3.82. The van der Waals surface area contributed by atoms with Crippen molar-refractivity contribution < 1.29 is 4.92 Å². The van der Waals surface area contributed by atoms with Crippen LogP contribution in [-0.4, -0.2) is 29.0 Å². The van der Waals surface area contributed by atoms with E-state index in [4.69, 9.17) is 5.84 Å². The van der Waals surface area contributed by atoms with Gasteiger partial charge in [0.25, 0.3) is 0 Å². The number of nitro groups is 1. The molecule has 0 aliphatic carbocycles. The Bertz CT molecular complexity index is 469. The highest BCUT2D eigenvalue weighted by Crippen LogP contribution is 2.37. The average Bonchev–Trinajstić information content (AvgIpc) is 2.46. The predicted molar refractivity (Wildman–Crippen MR) is 79.7 cm³/mol. The fourth-order valence-electron chi connectivity index (χ4n) is 2.28. The number of hydrogen-bond donors (Lipinski definition) is 2. The lowest BCUT2D eigenvalue weighted by atomic mass is 10.2. The Kier molecular flexibility index (Phi) is 4.49. The Labute approximate surface area is 116 Å². The maximum atomic E-state index is 11.3. The van der Waals surface area contributed by atoms with Crippen molar-refractivity contribution in [3.8, 4) is 0 Å². The number of para-hydroxylation sites is 1. The van der Waals surface area contributed by atoms with Crippen molar-refractivity contribution in [2.24, 2.45) is 5.84 Å². The summed E-state index contributed by atoms with van der Waals surface area (Å²) in [5.74, 6) is 6.36. The number of benzene rings is 1. The number of anilines is 2. The smallest absolute Gasteiger partial charge is 0.316 e. The Morgan fingerprint density at radius 3 is 3.05 bits per heavy atom. The van der Waals surface area contributed by atoms with Gasteiger partial charge in [-0.3, -0.25) is 16.0 Å². The highest BCUT2D eigenvalue weighted by Gasteiger charge is 2.27. The molecule has 1 heterocycles. The van der Waals surface area contributed by atoms with Crippen LogP contribution in [-0.2, 0) is 0 Å². The highest BCUT2D eigenvalue weighted by molar-refractivity contribution is 8.00. The lowest BCUT2D eigenvalue weighted by molar-refractivity contribution is -0.383. The minimum atomic E-state index is -0.368. The number of thioether (sulfide) groups is 1. The molecular formula is C12H18N4O2S. The quantitative estimate of drug-likeness (QED) is 0.500. The SMILES string of the molecule is CCC1CN(c2cccc(NN)c2[N+](=O)[O-])CCS1. The molecule has 0 amide bonds. The van der Waals surface area contributed by atoms with Crippen LogP contribution < -0.4 is 16.2 Å². The van der Waals surface area contributed by atoms with Crippen molar-refractivity contribution in [1.82, 2.24) is 0 Å². The third-order valence-corrected chi connectivity index (χ3v) is 4.66. The molecule has 1 aromatic rings. The number of rotatable bonds is 4. The second kappa shape index (κ2) is 6.12. The number of nitrogens with one attached hydrogen (secondary N) is 1. The first-order chi connectivity index (χ1) is 9.17. The second-order valence-corrected chi connectivity index (χ2v) is 5.83. The summed E-state index contributed by atoms with van der Waals surface area (Å²) in [5, 5.41) is 11.8. The van der Waals surface area contributed by atoms with Crippen LogP contribution in [0.5, 0.6) is 0 Å². The lowest BCUT2D eigenvalue weighted by Gasteiger charge is -2.33. The van der Waals surface area contributed by atoms with Gasteiger partial charge in [0.1, 0.15) is 11.4 Å². The Morgan fingerprint density at radius 1 is 1.63 bits per heavy atom. The van der Waals surface area contributed by atoms with Gasteiger partial charge < -0.3 is 10.3 Å². The molecule has 0 bridgehead atoms. The fraction of sp³-hybridized carbons (Fsp3) is 0.500. The van der Waals surface area contributed by atoms with Crippen molar-refractivity contribution >= 4 is 28.8 Å². The second-order valence-electron chi connectivity index (χ2n) is 4.42. The first-order valence-corrected chi connectivity index (χ1v) is 7.32. The van der Waals surface area contributed by atoms with Gasteiger partial charge in [0.15, 0.2) is 0 Å². The molecule has 6 nitrogen and oxygen atoms in total. The summed E-state index contributed by atoms with van der Waals surface area (Å²) in [7, 11) is 0. The summed E-state index contributed by atoms with van der Waals surface area (Å²) in [5.41, 5.74) is 3.48. The Morgan fingerprint density at radius 2 is 2.42 bits per heavy atom. The molecule has 1 unspecified atom stereocenters. The summed E-state index contributed by atoms with van der Waals surface area (Å²) in [4.78, 5) is 13.0. The number of nitro benzene ring substituents is 1. The molecule has 1 aliphatic rings. The minimum absolute atomic E-state index is 0.0618. The molecule has 3 N–H and O–H groups in total. The maximum Gasteiger partial charge on any atom is 0.316 e. The fourth-order valence-corrected chi connectivity index (χ4v) is 3.46. The molecule has 1 atom stereocenters. The van der Waals surface area contributed by atoms with Crippen molar-refractivity contribution in [3.63, 3.8) is 0 Å². The van der Waals surface area contributed by atoms with Gasteiger partial charge >= 0.3 is 5.69 Å². The van der Waals surface area contributed by atoms with Crippen LogP contribution in [0, 0.1) is 10.1 Å². The molecule has 1 aliphatic heterocycles. The molecule has 1 aromatic carbocycles. The summed E-state index contributed by atoms with van der Waals surface area (Å²) in [6, 6.07) is 5.21. The number of nitrogens with two attached hydrogens (primary N) is 1. The van der Waals surface area contributed by atoms with Gasteiger partial charge in [-0.1, -0.05) is 13.0 Å². The highest BCUT2D eigenvalue weighted by atomic mass is 32.2. The topological polar surface area (TPSA) is 84.4 Å². The first-order valence-electron chi connectivity index (χ1n) is 6.28. The van der Waals surface area contributed by atoms with E-state index in [1.54, 1.807) is 18.2 Å². The molecule has 1 fully saturated rings. The molecule has 104 valence electrons. The molecule has 7 heteroatoms. The van der Waals surface area contributed by atoms with E-state index < -0.39 is 0 Å². The zero-order valence-corrected chi connectivity index (χ0v) is 11.7. The third kappa shape index (κ3) is 2.93. The van der Waals surface area contributed by atoms with Gasteiger partial charge in [0.2, 0.25) is 0 Å². The summed E-state index contributed by atoms with van der Waals surface area (Å²) >= 11 is 1.93. The van der Waals surface area contributed by atoms with Crippen LogP contribution in [0.3, 0.4) is 0 Å². The average molecular weight is 282 g/mol. The Balaban J connectivity index is 2.35. The van der Waals surface area contributed by atoms with E-state index in [0.717, 1.165) is 25.3 Å². The van der Waals surface area contributed by atoms with Crippen molar-refractivity contribution in [1.29, 1.82) is 0 Å². The van der Waals surface area contributed by atoms with Crippen LogP contribution >= 0.6 is 11.8 Å². The maximum absolute atomic E-state index is 11.3. The van der Waals surface area contributed by atoms with E-state index in [1.807, 2.05) is 11.8 Å². The molecule has 0 saturated carbocycles. The van der Waals surface area contributed by atoms with Crippen molar-refractivity contribution in [2.75, 3.05) is 29.2 Å². The number of nitrogen functional groups attached to an aromatic ring is 1. The van der Waals surface area contributed by atoms with E-state index in [0.29, 0.717) is 16.6 Å². The van der Waals surface area contributed by atoms with Crippen molar-refractivity contribution in [3.05, 3.63) is 28.3 Å². The molecule has 0 spiro atoms. The number of hydrogen-bond acceptors (Lipinski definition) is 6. The van der Waals surface area contributed by atoms with Crippen LogP contribution in [0.2, 0.25) is 0 Å².